The molecule has 1 aliphatic rings. The second kappa shape index (κ2) is 4.19. The van der Waals surface area contributed by atoms with Crippen LogP contribution in [0.1, 0.15) is 24.1 Å². The summed E-state index contributed by atoms with van der Waals surface area (Å²) in [6, 6.07) is 10.5. The van der Waals surface area contributed by atoms with E-state index in [1.807, 2.05) is 18.5 Å². The number of hydrogen-bond donors (Lipinski definition) is 0. The van der Waals surface area contributed by atoms with Crippen LogP contribution in [0.15, 0.2) is 42.7 Å². The van der Waals surface area contributed by atoms with E-state index in [-0.39, 0.29) is 0 Å². The average Bonchev–Trinajstić information content (AvgIpc) is 2.83. The van der Waals surface area contributed by atoms with Crippen molar-refractivity contribution in [2.45, 2.75) is 25.7 Å². The van der Waals surface area contributed by atoms with Crippen LogP contribution in [0.5, 0.6) is 0 Å². The van der Waals surface area contributed by atoms with Crippen molar-refractivity contribution in [3.05, 3.63) is 54.0 Å². The summed E-state index contributed by atoms with van der Waals surface area (Å²) in [5.41, 5.74) is 4.13. The number of benzene rings is 1. The number of rotatable bonds is 1. The largest absolute Gasteiger partial charge is 0.282 e. The molecule has 2 aromatic heterocycles. The smallest absolute Gasteiger partial charge is 0.234 e. The van der Waals surface area contributed by atoms with Crippen LogP contribution in [0, 0.1) is 0 Å². The van der Waals surface area contributed by atoms with E-state index in [2.05, 4.69) is 38.8 Å². The Bertz CT molecular complexity index is 728. The highest BCUT2D eigenvalue weighted by Crippen LogP contribution is 2.33. The molecular formula is C16H15N3. The second-order valence-corrected chi connectivity index (χ2v) is 5.03. The van der Waals surface area contributed by atoms with Gasteiger partial charge in [-0.15, -0.1) is 0 Å². The first-order valence-electron chi connectivity index (χ1n) is 6.84. The zero-order valence-electron chi connectivity index (χ0n) is 10.7. The predicted molar refractivity (Wildman–Crippen MR) is 75.5 cm³/mol. The molecule has 1 aliphatic carbocycles. The molecule has 3 heteroatoms. The lowest BCUT2D eigenvalue weighted by Crippen LogP contribution is -2.09. The van der Waals surface area contributed by atoms with Gasteiger partial charge < -0.3 is 0 Å². The van der Waals surface area contributed by atoms with E-state index in [0.29, 0.717) is 0 Å². The first kappa shape index (κ1) is 10.7. The summed E-state index contributed by atoms with van der Waals surface area (Å²) in [7, 11) is 0. The molecule has 0 aliphatic heterocycles. The number of para-hydroxylation sites is 1. The van der Waals surface area contributed by atoms with E-state index in [1.54, 1.807) is 0 Å². The summed E-state index contributed by atoms with van der Waals surface area (Å²) < 4.78 is 2.24. The average molecular weight is 249 g/mol. The summed E-state index contributed by atoms with van der Waals surface area (Å²) in [5.74, 6) is 0.793. The monoisotopic (exact) mass is 249 g/mol. The molecule has 1 aromatic carbocycles. The van der Waals surface area contributed by atoms with Crippen LogP contribution >= 0.6 is 0 Å². The molecule has 0 bridgehead atoms. The summed E-state index contributed by atoms with van der Waals surface area (Å²) in [6.45, 7) is 0. The van der Waals surface area contributed by atoms with Crippen molar-refractivity contribution in [2.24, 2.45) is 0 Å². The van der Waals surface area contributed by atoms with E-state index in [4.69, 9.17) is 0 Å². The second-order valence-electron chi connectivity index (χ2n) is 5.03. The third-order valence-electron chi connectivity index (χ3n) is 3.93. The van der Waals surface area contributed by atoms with E-state index < -0.39 is 0 Å². The Morgan fingerprint density at radius 2 is 1.68 bits per heavy atom. The van der Waals surface area contributed by atoms with Crippen LogP contribution in [0.4, 0.5) is 0 Å². The first-order chi connectivity index (χ1) is 9.45. The van der Waals surface area contributed by atoms with Crippen LogP contribution < -0.4 is 0 Å². The van der Waals surface area contributed by atoms with Crippen LogP contribution in [0.2, 0.25) is 0 Å². The Hall–Kier alpha value is -2.16. The number of fused-ring (bicyclic) bond motifs is 3. The molecule has 2 heterocycles. The highest BCUT2D eigenvalue weighted by Gasteiger charge is 2.21. The molecule has 0 saturated carbocycles. The fraction of sp³-hybridized carbons (Fsp3) is 0.250. The highest BCUT2D eigenvalue weighted by atomic mass is 15.2. The van der Waals surface area contributed by atoms with Gasteiger partial charge in [-0.2, -0.15) is 0 Å². The van der Waals surface area contributed by atoms with E-state index in [1.165, 1.54) is 41.4 Å². The van der Waals surface area contributed by atoms with Crippen LogP contribution in [0.25, 0.3) is 16.9 Å². The standard InChI is InChI=1S/C16H15N3/c1-3-8-14-12(6-1)13-7-2-4-9-15(13)19(14)16-17-10-5-11-18-16/h1,3,5-6,8,10-11H,2,4,7,9H2. The van der Waals surface area contributed by atoms with Crippen molar-refractivity contribution < 1.29 is 0 Å². The summed E-state index contributed by atoms with van der Waals surface area (Å²) in [6.07, 6.45) is 8.48. The SMILES string of the molecule is c1cnc(-n2c3c(c4ccccc42)CCCC3)nc1. The Morgan fingerprint density at radius 3 is 2.58 bits per heavy atom. The van der Waals surface area contributed by atoms with Gasteiger partial charge in [0.2, 0.25) is 5.95 Å². The van der Waals surface area contributed by atoms with Gasteiger partial charge in [-0.05, 0) is 43.4 Å². The molecule has 0 spiro atoms. The molecule has 0 atom stereocenters. The van der Waals surface area contributed by atoms with Crippen LogP contribution in [0.3, 0.4) is 0 Å². The maximum absolute atomic E-state index is 4.43. The Kier molecular flexibility index (Phi) is 2.37. The molecule has 0 saturated heterocycles. The maximum Gasteiger partial charge on any atom is 0.234 e. The Morgan fingerprint density at radius 1 is 0.895 bits per heavy atom. The van der Waals surface area contributed by atoms with Crippen LogP contribution in [-0.4, -0.2) is 14.5 Å². The molecule has 0 unspecified atom stereocenters. The first-order valence-corrected chi connectivity index (χ1v) is 6.84. The lowest BCUT2D eigenvalue weighted by molar-refractivity contribution is 0.661. The quantitative estimate of drug-likeness (QED) is 0.662. The molecule has 0 N–H and O–H groups in total. The molecule has 3 nitrogen and oxygen atoms in total. The summed E-state index contributed by atoms with van der Waals surface area (Å²) in [5, 5.41) is 1.37. The minimum atomic E-state index is 0.793. The van der Waals surface area contributed by atoms with Gasteiger partial charge in [-0.25, -0.2) is 9.97 Å². The minimum absolute atomic E-state index is 0.793. The number of hydrogen-bond acceptors (Lipinski definition) is 2. The fourth-order valence-electron chi connectivity index (χ4n) is 3.13. The van der Waals surface area contributed by atoms with E-state index >= 15 is 0 Å². The summed E-state index contributed by atoms with van der Waals surface area (Å²) in [4.78, 5) is 8.86. The molecule has 0 fully saturated rings. The van der Waals surface area contributed by atoms with Gasteiger partial charge >= 0.3 is 0 Å². The van der Waals surface area contributed by atoms with Gasteiger partial charge in [0.15, 0.2) is 0 Å². The molecule has 3 aromatic rings. The lowest BCUT2D eigenvalue weighted by Gasteiger charge is -2.14. The van der Waals surface area contributed by atoms with E-state index in [0.717, 1.165) is 12.4 Å². The zero-order valence-corrected chi connectivity index (χ0v) is 10.7. The van der Waals surface area contributed by atoms with Gasteiger partial charge in [0.1, 0.15) is 0 Å². The number of aromatic nitrogens is 3. The van der Waals surface area contributed by atoms with Crippen LogP contribution in [-0.2, 0) is 12.8 Å². The molecule has 94 valence electrons. The maximum atomic E-state index is 4.43. The molecule has 0 amide bonds. The third kappa shape index (κ3) is 1.58. The van der Waals surface area contributed by atoms with Crippen molar-refractivity contribution in [1.82, 2.24) is 14.5 Å². The molecule has 19 heavy (non-hydrogen) atoms. The zero-order chi connectivity index (χ0) is 12.7. The Balaban J connectivity index is 2.09. The van der Waals surface area contributed by atoms with Gasteiger partial charge in [0.25, 0.3) is 0 Å². The third-order valence-corrected chi connectivity index (χ3v) is 3.93. The molecular weight excluding hydrogens is 234 g/mol. The topological polar surface area (TPSA) is 30.7 Å². The van der Waals surface area contributed by atoms with Gasteiger partial charge in [0.05, 0.1) is 5.52 Å². The van der Waals surface area contributed by atoms with Crippen molar-refractivity contribution >= 4 is 10.9 Å². The van der Waals surface area contributed by atoms with Gasteiger partial charge in [-0.3, -0.25) is 4.57 Å². The number of aryl methyl sites for hydroxylation is 1. The lowest BCUT2D eigenvalue weighted by atomic mass is 9.96. The van der Waals surface area contributed by atoms with Crippen molar-refractivity contribution in [2.75, 3.05) is 0 Å². The van der Waals surface area contributed by atoms with Crippen molar-refractivity contribution in [3.63, 3.8) is 0 Å². The fourth-order valence-corrected chi connectivity index (χ4v) is 3.13. The number of nitrogens with zero attached hydrogens (tertiary/aromatic N) is 3. The highest BCUT2D eigenvalue weighted by molar-refractivity contribution is 5.87. The molecule has 4 rings (SSSR count). The normalized spacial score (nSPS) is 14.5. The summed E-state index contributed by atoms with van der Waals surface area (Å²) >= 11 is 0. The minimum Gasteiger partial charge on any atom is -0.282 e. The van der Waals surface area contributed by atoms with Crippen molar-refractivity contribution in [3.8, 4) is 5.95 Å². The Labute approximate surface area is 111 Å². The van der Waals surface area contributed by atoms with Gasteiger partial charge in [0, 0.05) is 23.5 Å². The van der Waals surface area contributed by atoms with E-state index in [9.17, 15) is 0 Å². The van der Waals surface area contributed by atoms with Gasteiger partial charge in [-0.1, -0.05) is 18.2 Å². The molecule has 0 radical (unpaired) electrons. The van der Waals surface area contributed by atoms with Crippen molar-refractivity contribution in [1.29, 1.82) is 0 Å². The predicted octanol–water partition coefficient (Wildman–Crippen LogP) is 3.30.